The van der Waals surface area contributed by atoms with E-state index >= 15 is 0 Å². The van der Waals surface area contributed by atoms with Crippen molar-refractivity contribution in [2.75, 3.05) is 0 Å². The van der Waals surface area contributed by atoms with Crippen LogP contribution in [-0.4, -0.2) is 17.0 Å². The molecule has 0 aliphatic heterocycles. The van der Waals surface area contributed by atoms with E-state index in [-0.39, 0.29) is 12.0 Å². The van der Waals surface area contributed by atoms with Gasteiger partial charge in [-0.15, -0.1) is 0 Å². The SMILES string of the molecule is O=C1CCC[C@@H]2[C@@H]1CCC[C@@H]2O. The second kappa shape index (κ2) is 3.17. The molecule has 0 aromatic rings. The Morgan fingerprint density at radius 2 is 2.00 bits per heavy atom. The lowest BCUT2D eigenvalue weighted by Gasteiger charge is -2.37. The number of hydrogen-bond acceptors (Lipinski definition) is 2. The van der Waals surface area contributed by atoms with Crippen molar-refractivity contribution in [2.45, 2.75) is 44.6 Å². The Hall–Kier alpha value is -0.370. The molecule has 0 aromatic heterocycles. The van der Waals surface area contributed by atoms with Crippen molar-refractivity contribution < 1.29 is 9.90 Å². The Balaban J connectivity index is 2.10. The first kappa shape index (κ1) is 8.24. The van der Waals surface area contributed by atoms with Crippen LogP contribution in [0.4, 0.5) is 0 Å². The lowest BCUT2D eigenvalue weighted by atomic mass is 9.69. The first-order valence-corrected chi connectivity index (χ1v) is 5.00. The van der Waals surface area contributed by atoms with Gasteiger partial charge in [-0.25, -0.2) is 0 Å². The first-order valence-electron chi connectivity index (χ1n) is 5.00. The summed E-state index contributed by atoms with van der Waals surface area (Å²) in [6.07, 6.45) is 5.61. The highest BCUT2D eigenvalue weighted by Crippen LogP contribution is 2.38. The van der Waals surface area contributed by atoms with Gasteiger partial charge in [-0.05, 0) is 31.6 Å². The van der Waals surface area contributed by atoms with Crippen LogP contribution in [0.1, 0.15) is 38.5 Å². The van der Waals surface area contributed by atoms with Crippen molar-refractivity contribution >= 4 is 5.78 Å². The highest BCUT2D eigenvalue weighted by molar-refractivity contribution is 5.82. The molecular weight excluding hydrogens is 152 g/mol. The highest BCUT2D eigenvalue weighted by Gasteiger charge is 2.38. The molecule has 2 saturated carbocycles. The van der Waals surface area contributed by atoms with E-state index in [1.165, 1.54) is 0 Å². The summed E-state index contributed by atoms with van der Waals surface area (Å²) in [5.74, 6) is 0.924. The summed E-state index contributed by atoms with van der Waals surface area (Å²) in [6.45, 7) is 0. The largest absolute Gasteiger partial charge is 0.393 e. The average molecular weight is 168 g/mol. The van der Waals surface area contributed by atoms with E-state index in [0.29, 0.717) is 11.7 Å². The van der Waals surface area contributed by atoms with Gasteiger partial charge in [-0.2, -0.15) is 0 Å². The zero-order chi connectivity index (χ0) is 8.55. The molecule has 0 saturated heterocycles. The molecule has 0 aromatic carbocycles. The Kier molecular flexibility index (Phi) is 2.18. The number of carbonyl (C=O) groups excluding carboxylic acids is 1. The number of Topliss-reactive ketones (excluding diaryl/α,β-unsaturated/α-hetero) is 1. The molecule has 68 valence electrons. The van der Waals surface area contributed by atoms with Crippen LogP contribution in [0.3, 0.4) is 0 Å². The minimum atomic E-state index is -0.187. The van der Waals surface area contributed by atoms with E-state index in [4.69, 9.17) is 0 Å². The predicted molar refractivity (Wildman–Crippen MR) is 45.7 cm³/mol. The molecule has 2 fully saturated rings. The molecule has 0 unspecified atom stereocenters. The van der Waals surface area contributed by atoms with Crippen LogP contribution in [0.5, 0.6) is 0 Å². The van der Waals surface area contributed by atoms with Gasteiger partial charge in [-0.1, -0.05) is 6.42 Å². The maximum atomic E-state index is 11.5. The summed E-state index contributed by atoms with van der Waals surface area (Å²) in [4.78, 5) is 11.5. The molecule has 3 atom stereocenters. The maximum Gasteiger partial charge on any atom is 0.136 e. The number of hydrogen-bond donors (Lipinski definition) is 1. The standard InChI is InChI=1S/C10H16O2/c11-9-5-1-3-7-8(9)4-2-6-10(7)12/h7-9,11H,1-6H2/t7-,8+,9-/m0/s1. The van der Waals surface area contributed by atoms with Gasteiger partial charge in [0.05, 0.1) is 6.10 Å². The highest BCUT2D eigenvalue weighted by atomic mass is 16.3. The molecule has 2 nitrogen and oxygen atoms in total. The monoisotopic (exact) mass is 168 g/mol. The van der Waals surface area contributed by atoms with Gasteiger partial charge in [0, 0.05) is 12.3 Å². The van der Waals surface area contributed by atoms with Gasteiger partial charge in [0.25, 0.3) is 0 Å². The van der Waals surface area contributed by atoms with Crippen molar-refractivity contribution in [1.82, 2.24) is 0 Å². The third-order valence-corrected chi connectivity index (χ3v) is 3.40. The smallest absolute Gasteiger partial charge is 0.136 e. The second-order valence-corrected chi connectivity index (χ2v) is 4.13. The van der Waals surface area contributed by atoms with Gasteiger partial charge in [-0.3, -0.25) is 4.79 Å². The third-order valence-electron chi connectivity index (χ3n) is 3.40. The summed E-state index contributed by atoms with van der Waals surface area (Å²) < 4.78 is 0. The fourth-order valence-electron chi connectivity index (χ4n) is 2.73. The first-order chi connectivity index (χ1) is 5.79. The van der Waals surface area contributed by atoms with Crippen LogP contribution in [0.2, 0.25) is 0 Å². The van der Waals surface area contributed by atoms with Crippen molar-refractivity contribution in [3.05, 3.63) is 0 Å². The summed E-state index contributed by atoms with van der Waals surface area (Å²) >= 11 is 0. The maximum absolute atomic E-state index is 11.5. The molecule has 0 heterocycles. The lowest BCUT2D eigenvalue weighted by Crippen LogP contribution is -2.39. The summed E-state index contributed by atoms with van der Waals surface area (Å²) in [6, 6.07) is 0. The topological polar surface area (TPSA) is 37.3 Å². The zero-order valence-electron chi connectivity index (χ0n) is 7.33. The number of carbonyl (C=O) groups is 1. The summed E-state index contributed by atoms with van der Waals surface area (Å²) in [5, 5.41) is 9.67. The van der Waals surface area contributed by atoms with Crippen molar-refractivity contribution in [3.8, 4) is 0 Å². The average Bonchev–Trinajstić information content (AvgIpc) is 2.07. The fourth-order valence-corrected chi connectivity index (χ4v) is 2.73. The number of aliphatic hydroxyl groups excluding tert-OH is 1. The Labute approximate surface area is 73.0 Å². The number of aliphatic hydroxyl groups is 1. The Morgan fingerprint density at radius 3 is 2.75 bits per heavy atom. The van der Waals surface area contributed by atoms with Gasteiger partial charge in [0.1, 0.15) is 5.78 Å². The van der Waals surface area contributed by atoms with Crippen molar-refractivity contribution in [2.24, 2.45) is 11.8 Å². The minimum Gasteiger partial charge on any atom is -0.393 e. The normalized spacial score (nSPS) is 42.4. The van der Waals surface area contributed by atoms with E-state index < -0.39 is 0 Å². The zero-order valence-corrected chi connectivity index (χ0v) is 7.33. The minimum absolute atomic E-state index is 0.187. The predicted octanol–water partition coefficient (Wildman–Crippen LogP) is 1.52. The van der Waals surface area contributed by atoms with Crippen LogP contribution in [0, 0.1) is 11.8 Å². The Bertz CT molecular complexity index is 188. The molecule has 12 heavy (non-hydrogen) atoms. The molecular formula is C10H16O2. The fraction of sp³-hybridized carbons (Fsp3) is 0.900. The second-order valence-electron chi connectivity index (χ2n) is 4.13. The van der Waals surface area contributed by atoms with Crippen LogP contribution in [0.15, 0.2) is 0 Å². The molecule has 2 aliphatic carbocycles. The van der Waals surface area contributed by atoms with E-state index in [2.05, 4.69) is 0 Å². The summed E-state index contributed by atoms with van der Waals surface area (Å²) in [7, 11) is 0. The molecule has 0 amide bonds. The van der Waals surface area contributed by atoms with E-state index in [1.807, 2.05) is 0 Å². The van der Waals surface area contributed by atoms with Gasteiger partial charge in [0.2, 0.25) is 0 Å². The molecule has 0 radical (unpaired) electrons. The molecule has 0 spiro atoms. The number of rotatable bonds is 0. The number of fused-ring (bicyclic) bond motifs is 1. The quantitative estimate of drug-likeness (QED) is 0.595. The lowest BCUT2D eigenvalue weighted by molar-refractivity contribution is -0.131. The van der Waals surface area contributed by atoms with Crippen LogP contribution in [-0.2, 0) is 4.79 Å². The Morgan fingerprint density at radius 1 is 1.17 bits per heavy atom. The summed E-state index contributed by atoms with van der Waals surface area (Å²) in [5.41, 5.74) is 0. The molecule has 2 aliphatic rings. The van der Waals surface area contributed by atoms with Crippen LogP contribution >= 0.6 is 0 Å². The van der Waals surface area contributed by atoms with Crippen LogP contribution in [0.25, 0.3) is 0 Å². The van der Waals surface area contributed by atoms with Gasteiger partial charge >= 0.3 is 0 Å². The molecule has 0 bridgehead atoms. The molecule has 1 N–H and O–H groups in total. The number of ketones is 1. The third kappa shape index (κ3) is 1.28. The molecule has 2 rings (SSSR count). The van der Waals surface area contributed by atoms with E-state index in [9.17, 15) is 9.90 Å². The van der Waals surface area contributed by atoms with Gasteiger partial charge in [0.15, 0.2) is 0 Å². The van der Waals surface area contributed by atoms with Gasteiger partial charge < -0.3 is 5.11 Å². The van der Waals surface area contributed by atoms with Crippen molar-refractivity contribution in [3.63, 3.8) is 0 Å². The van der Waals surface area contributed by atoms with Crippen LogP contribution < -0.4 is 0 Å². The van der Waals surface area contributed by atoms with E-state index in [1.54, 1.807) is 0 Å². The molecule has 2 heteroatoms. The van der Waals surface area contributed by atoms with Crippen molar-refractivity contribution in [1.29, 1.82) is 0 Å². The van der Waals surface area contributed by atoms with E-state index in [0.717, 1.165) is 38.5 Å².